The number of nitrogens with two attached hydrogens (primary N) is 1. The molecule has 1 aromatic carbocycles. The summed E-state index contributed by atoms with van der Waals surface area (Å²) < 4.78 is 0.922. The van der Waals surface area contributed by atoms with E-state index in [0.717, 1.165) is 40.3 Å². The van der Waals surface area contributed by atoms with Gasteiger partial charge in [-0.2, -0.15) is 0 Å². The molecular formula is C15H16BrN3O. The predicted molar refractivity (Wildman–Crippen MR) is 83.4 cm³/mol. The highest BCUT2D eigenvalue weighted by Gasteiger charge is 2.42. The molecule has 0 atom stereocenters. The monoisotopic (exact) mass is 333 g/mol. The Morgan fingerprint density at radius 3 is 2.90 bits per heavy atom. The maximum atomic E-state index is 12.4. The molecule has 104 valence electrons. The molecule has 5 heteroatoms. The first-order valence-corrected chi connectivity index (χ1v) is 7.50. The van der Waals surface area contributed by atoms with Crippen LogP contribution in [0.4, 0.5) is 5.69 Å². The van der Waals surface area contributed by atoms with Crippen LogP contribution in [-0.4, -0.2) is 17.4 Å². The number of nitrogens with zero attached hydrogens (tertiary/aromatic N) is 1. The Bertz CT molecular complexity index is 662. The molecule has 0 spiro atoms. The number of hydrogen-bond acceptors (Lipinski definition) is 3. The molecule has 1 saturated carbocycles. The van der Waals surface area contributed by atoms with E-state index in [2.05, 4.69) is 26.2 Å². The van der Waals surface area contributed by atoms with Crippen molar-refractivity contribution in [3.63, 3.8) is 0 Å². The number of rotatable bonds is 3. The van der Waals surface area contributed by atoms with E-state index < -0.39 is 0 Å². The van der Waals surface area contributed by atoms with Gasteiger partial charge in [0.1, 0.15) is 0 Å². The molecule has 0 saturated heterocycles. The van der Waals surface area contributed by atoms with E-state index in [9.17, 15) is 4.79 Å². The lowest BCUT2D eigenvalue weighted by molar-refractivity contribution is -0.129. The Kier molecular flexibility index (Phi) is 3.48. The first-order valence-electron chi connectivity index (χ1n) is 6.70. The second-order valence-corrected chi connectivity index (χ2v) is 6.24. The number of para-hydroxylation sites is 1. The smallest absolute Gasteiger partial charge is 0.231 e. The number of carbonyl (C=O) groups excluding carboxylic acids is 1. The zero-order valence-corrected chi connectivity index (χ0v) is 12.6. The highest BCUT2D eigenvalue weighted by molar-refractivity contribution is 9.10. The lowest BCUT2D eigenvalue weighted by Crippen LogP contribution is -2.47. The molecule has 20 heavy (non-hydrogen) atoms. The first-order chi connectivity index (χ1) is 9.64. The normalized spacial score (nSPS) is 16.7. The number of halogens is 1. The summed E-state index contributed by atoms with van der Waals surface area (Å²) in [6.07, 6.45) is 4.56. The van der Waals surface area contributed by atoms with Gasteiger partial charge in [0.2, 0.25) is 5.91 Å². The Balaban J connectivity index is 1.93. The van der Waals surface area contributed by atoms with E-state index in [1.54, 1.807) is 6.20 Å². The average molecular weight is 334 g/mol. The van der Waals surface area contributed by atoms with Crippen molar-refractivity contribution >= 4 is 38.4 Å². The molecule has 0 radical (unpaired) electrons. The van der Waals surface area contributed by atoms with Crippen LogP contribution in [0.1, 0.15) is 19.3 Å². The minimum absolute atomic E-state index is 0.0171. The molecule has 2 aromatic rings. The van der Waals surface area contributed by atoms with Crippen molar-refractivity contribution in [2.24, 2.45) is 11.1 Å². The van der Waals surface area contributed by atoms with Crippen LogP contribution in [0.5, 0.6) is 0 Å². The number of pyridine rings is 1. The standard InChI is InChI=1S/C15H16BrN3O/c16-11-7-10-3-1-4-12(13(10)18-8-11)19-14(20)15(9-17)5-2-6-15/h1,3-4,7-8H,2,5-6,9,17H2,(H,19,20). The molecule has 0 unspecified atom stereocenters. The van der Waals surface area contributed by atoms with Crippen molar-refractivity contribution in [3.8, 4) is 0 Å². The van der Waals surface area contributed by atoms with Gasteiger partial charge in [-0.1, -0.05) is 18.6 Å². The van der Waals surface area contributed by atoms with Crippen LogP contribution >= 0.6 is 15.9 Å². The SMILES string of the molecule is NCC1(C(=O)Nc2cccc3cc(Br)cnc23)CCC1. The molecule has 1 aromatic heterocycles. The van der Waals surface area contributed by atoms with Gasteiger partial charge in [-0.3, -0.25) is 9.78 Å². The Morgan fingerprint density at radius 2 is 2.25 bits per heavy atom. The predicted octanol–water partition coefficient (Wildman–Crippen LogP) is 3.06. The molecule has 1 fully saturated rings. The molecule has 1 heterocycles. The van der Waals surface area contributed by atoms with Crippen molar-refractivity contribution in [1.82, 2.24) is 4.98 Å². The van der Waals surface area contributed by atoms with Gasteiger partial charge >= 0.3 is 0 Å². The molecule has 1 amide bonds. The Morgan fingerprint density at radius 1 is 1.45 bits per heavy atom. The van der Waals surface area contributed by atoms with E-state index in [-0.39, 0.29) is 11.3 Å². The number of aromatic nitrogens is 1. The molecule has 1 aliphatic carbocycles. The largest absolute Gasteiger partial charge is 0.329 e. The Labute approximate surface area is 125 Å². The van der Waals surface area contributed by atoms with E-state index >= 15 is 0 Å². The molecule has 0 bridgehead atoms. The number of benzene rings is 1. The fourth-order valence-electron chi connectivity index (χ4n) is 2.62. The molecule has 3 N–H and O–H groups in total. The second kappa shape index (κ2) is 5.14. The van der Waals surface area contributed by atoms with E-state index in [1.165, 1.54) is 0 Å². The third-order valence-corrected chi connectivity index (χ3v) is 4.54. The molecular weight excluding hydrogens is 318 g/mol. The first kappa shape index (κ1) is 13.5. The van der Waals surface area contributed by atoms with Gasteiger partial charge in [0.25, 0.3) is 0 Å². The van der Waals surface area contributed by atoms with Crippen molar-refractivity contribution in [1.29, 1.82) is 0 Å². The minimum Gasteiger partial charge on any atom is -0.329 e. The quantitative estimate of drug-likeness (QED) is 0.906. The maximum absolute atomic E-state index is 12.4. The molecule has 3 rings (SSSR count). The third kappa shape index (κ3) is 2.21. The van der Waals surface area contributed by atoms with Crippen LogP contribution in [-0.2, 0) is 4.79 Å². The van der Waals surface area contributed by atoms with E-state index in [4.69, 9.17) is 5.73 Å². The lowest BCUT2D eigenvalue weighted by atomic mass is 9.68. The van der Waals surface area contributed by atoms with E-state index in [1.807, 2.05) is 24.3 Å². The highest BCUT2D eigenvalue weighted by Crippen LogP contribution is 2.41. The van der Waals surface area contributed by atoms with Crippen LogP contribution in [0.3, 0.4) is 0 Å². The number of nitrogens with one attached hydrogen (secondary N) is 1. The third-order valence-electron chi connectivity index (χ3n) is 4.11. The van der Waals surface area contributed by atoms with Gasteiger partial charge in [-0.05, 0) is 40.9 Å². The van der Waals surface area contributed by atoms with Crippen LogP contribution in [0.2, 0.25) is 0 Å². The van der Waals surface area contributed by atoms with Crippen LogP contribution in [0.25, 0.3) is 10.9 Å². The fourth-order valence-corrected chi connectivity index (χ4v) is 2.97. The average Bonchev–Trinajstić information content (AvgIpc) is 2.38. The molecule has 0 aliphatic heterocycles. The summed E-state index contributed by atoms with van der Waals surface area (Å²) in [6.45, 7) is 0.405. The molecule has 1 aliphatic rings. The van der Waals surface area contributed by atoms with Crippen molar-refractivity contribution < 1.29 is 4.79 Å². The summed E-state index contributed by atoms with van der Waals surface area (Å²) in [4.78, 5) is 16.8. The summed E-state index contributed by atoms with van der Waals surface area (Å²) in [5.74, 6) is 0.0171. The number of carbonyl (C=O) groups is 1. The number of hydrogen-bond donors (Lipinski definition) is 2. The fraction of sp³-hybridized carbons (Fsp3) is 0.333. The number of anilines is 1. The topological polar surface area (TPSA) is 68.0 Å². The maximum Gasteiger partial charge on any atom is 0.231 e. The summed E-state index contributed by atoms with van der Waals surface area (Å²) in [5, 5.41) is 3.99. The van der Waals surface area contributed by atoms with Gasteiger partial charge in [0.05, 0.1) is 16.6 Å². The lowest BCUT2D eigenvalue weighted by Gasteiger charge is -2.39. The van der Waals surface area contributed by atoms with Crippen LogP contribution < -0.4 is 11.1 Å². The summed E-state index contributed by atoms with van der Waals surface area (Å²) in [6, 6.07) is 7.76. The second-order valence-electron chi connectivity index (χ2n) is 5.32. The summed E-state index contributed by atoms with van der Waals surface area (Å²) in [5.41, 5.74) is 6.95. The zero-order chi connectivity index (χ0) is 14.2. The minimum atomic E-state index is -0.377. The highest BCUT2D eigenvalue weighted by atomic mass is 79.9. The summed E-state index contributed by atoms with van der Waals surface area (Å²) >= 11 is 3.40. The van der Waals surface area contributed by atoms with Gasteiger partial charge in [-0.15, -0.1) is 0 Å². The van der Waals surface area contributed by atoms with Crippen molar-refractivity contribution in [2.45, 2.75) is 19.3 Å². The van der Waals surface area contributed by atoms with Crippen molar-refractivity contribution in [2.75, 3.05) is 11.9 Å². The zero-order valence-electron chi connectivity index (χ0n) is 11.0. The number of fused-ring (bicyclic) bond motifs is 1. The Hall–Kier alpha value is -1.46. The van der Waals surface area contributed by atoms with Crippen LogP contribution in [0, 0.1) is 5.41 Å². The van der Waals surface area contributed by atoms with Crippen molar-refractivity contribution in [3.05, 3.63) is 34.9 Å². The van der Waals surface area contributed by atoms with Gasteiger partial charge in [-0.25, -0.2) is 0 Å². The molecule has 4 nitrogen and oxygen atoms in total. The summed E-state index contributed by atoms with van der Waals surface area (Å²) in [7, 11) is 0. The van der Waals surface area contributed by atoms with Gasteiger partial charge in [0.15, 0.2) is 0 Å². The van der Waals surface area contributed by atoms with Crippen LogP contribution in [0.15, 0.2) is 34.9 Å². The van der Waals surface area contributed by atoms with E-state index in [0.29, 0.717) is 6.54 Å². The van der Waals surface area contributed by atoms with Gasteiger partial charge in [0, 0.05) is 22.6 Å². The number of amides is 1. The van der Waals surface area contributed by atoms with Gasteiger partial charge < -0.3 is 11.1 Å².